The van der Waals surface area contributed by atoms with Crippen LogP contribution in [-0.4, -0.2) is 5.88 Å². The molecule has 1 unspecified atom stereocenters. The molecule has 10 heavy (non-hydrogen) atoms. The van der Waals surface area contributed by atoms with Crippen LogP contribution in [0.2, 0.25) is 0 Å². The Hall–Kier alpha value is -0.560. The molecule has 0 aromatic heterocycles. The quantitative estimate of drug-likeness (QED) is 0.581. The summed E-state index contributed by atoms with van der Waals surface area (Å²) in [6, 6.07) is 8.91. The Morgan fingerprint density at radius 3 is 2.40 bits per heavy atom. The van der Waals surface area contributed by atoms with Gasteiger partial charge in [-0.15, -0.1) is 11.6 Å². The highest BCUT2D eigenvalue weighted by molar-refractivity contribution is 6.18. The molecule has 0 aliphatic carbocycles. The first-order valence-corrected chi connectivity index (χ1v) is 3.63. The number of hydrogen-bond donors (Lipinski definition) is 0. The molecule has 54 valence electrons. The third-order valence-electron chi connectivity index (χ3n) is 1.30. The molecule has 1 aromatic carbocycles. The highest BCUT2D eigenvalue weighted by atomic mass is 35.5. The fraction of sp³-hybridized carbons (Fsp3) is 0.250. The SMILES string of the molecule is FC(CCl)c1ccccc1. The summed E-state index contributed by atoms with van der Waals surface area (Å²) in [6.07, 6.45) is -1.03. The summed E-state index contributed by atoms with van der Waals surface area (Å²) in [5.41, 5.74) is 0.650. The number of hydrogen-bond acceptors (Lipinski definition) is 0. The molecule has 1 rings (SSSR count). The molecule has 0 aliphatic rings. The van der Waals surface area contributed by atoms with Gasteiger partial charge < -0.3 is 0 Å². The number of rotatable bonds is 2. The molecule has 1 aromatic rings. The van der Waals surface area contributed by atoms with Gasteiger partial charge in [-0.05, 0) is 5.56 Å². The van der Waals surface area contributed by atoms with Crippen molar-refractivity contribution < 1.29 is 4.39 Å². The van der Waals surface area contributed by atoms with E-state index in [1.165, 1.54) is 0 Å². The standard InChI is InChI=1S/C8H8ClF/c9-6-8(10)7-4-2-1-3-5-7/h1-5,8H,6H2. The van der Waals surface area contributed by atoms with Crippen molar-refractivity contribution in [2.24, 2.45) is 0 Å². The zero-order valence-corrected chi connectivity index (χ0v) is 6.18. The summed E-state index contributed by atoms with van der Waals surface area (Å²) in [5, 5.41) is 0. The van der Waals surface area contributed by atoms with Crippen molar-refractivity contribution in [1.82, 2.24) is 0 Å². The van der Waals surface area contributed by atoms with Crippen molar-refractivity contribution in [1.29, 1.82) is 0 Å². The van der Waals surface area contributed by atoms with Crippen LogP contribution in [-0.2, 0) is 0 Å². The van der Waals surface area contributed by atoms with E-state index >= 15 is 0 Å². The summed E-state index contributed by atoms with van der Waals surface area (Å²) in [6.45, 7) is 0. The van der Waals surface area contributed by atoms with Crippen LogP contribution in [0.25, 0.3) is 0 Å². The van der Waals surface area contributed by atoms with Crippen molar-refractivity contribution in [3.63, 3.8) is 0 Å². The molecule has 0 saturated carbocycles. The van der Waals surface area contributed by atoms with E-state index in [1.807, 2.05) is 6.07 Å². The van der Waals surface area contributed by atoms with Gasteiger partial charge in [0.15, 0.2) is 0 Å². The van der Waals surface area contributed by atoms with E-state index in [-0.39, 0.29) is 5.88 Å². The fourth-order valence-electron chi connectivity index (χ4n) is 0.751. The van der Waals surface area contributed by atoms with E-state index in [9.17, 15) is 4.39 Å². The Morgan fingerprint density at radius 2 is 1.90 bits per heavy atom. The van der Waals surface area contributed by atoms with Crippen LogP contribution in [0.3, 0.4) is 0 Å². The Balaban J connectivity index is 2.75. The minimum absolute atomic E-state index is 0.0318. The molecule has 0 bridgehead atoms. The first kappa shape index (κ1) is 7.55. The summed E-state index contributed by atoms with van der Waals surface area (Å²) in [5.74, 6) is 0.0318. The second-order valence-corrected chi connectivity index (χ2v) is 2.34. The van der Waals surface area contributed by atoms with Crippen molar-refractivity contribution in [3.8, 4) is 0 Å². The average Bonchev–Trinajstić information content (AvgIpc) is 2.05. The molecule has 0 amide bonds. The second-order valence-electron chi connectivity index (χ2n) is 2.03. The van der Waals surface area contributed by atoms with Crippen molar-refractivity contribution in [2.75, 3.05) is 5.88 Å². The molecule has 0 N–H and O–H groups in total. The van der Waals surface area contributed by atoms with E-state index < -0.39 is 6.17 Å². The van der Waals surface area contributed by atoms with Gasteiger partial charge in [-0.3, -0.25) is 0 Å². The van der Waals surface area contributed by atoms with Crippen LogP contribution < -0.4 is 0 Å². The normalized spacial score (nSPS) is 13.0. The van der Waals surface area contributed by atoms with Gasteiger partial charge in [0.05, 0.1) is 5.88 Å². The number of halogens is 2. The van der Waals surface area contributed by atoms with Crippen LogP contribution in [0, 0.1) is 0 Å². The van der Waals surface area contributed by atoms with Crippen molar-refractivity contribution >= 4 is 11.6 Å². The van der Waals surface area contributed by atoms with Gasteiger partial charge in [-0.2, -0.15) is 0 Å². The minimum Gasteiger partial charge on any atom is -0.241 e. The van der Waals surface area contributed by atoms with Crippen LogP contribution >= 0.6 is 11.6 Å². The topological polar surface area (TPSA) is 0 Å². The molecule has 0 aliphatic heterocycles. The lowest BCUT2D eigenvalue weighted by molar-refractivity contribution is 0.378. The maximum Gasteiger partial charge on any atom is 0.139 e. The van der Waals surface area contributed by atoms with Gasteiger partial charge in [0, 0.05) is 0 Å². The lowest BCUT2D eigenvalue weighted by Crippen LogP contribution is -1.90. The van der Waals surface area contributed by atoms with Gasteiger partial charge in [0.2, 0.25) is 0 Å². The highest BCUT2D eigenvalue weighted by Gasteiger charge is 2.04. The van der Waals surface area contributed by atoms with E-state index in [2.05, 4.69) is 0 Å². The molecular weight excluding hydrogens is 151 g/mol. The largest absolute Gasteiger partial charge is 0.241 e. The van der Waals surface area contributed by atoms with Gasteiger partial charge >= 0.3 is 0 Å². The average molecular weight is 159 g/mol. The molecule has 0 radical (unpaired) electrons. The molecular formula is C8H8ClF. The summed E-state index contributed by atoms with van der Waals surface area (Å²) in [4.78, 5) is 0. The molecule has 0 nitrogen and oxygen atoms in total. The maximum absolute atomic E-state index is 12.7. The van der Waals surface area contributed by atoms with Crippen LogP contribution in [0.4, 0.5) is 4.39 Å². The number of benzene rings is 1. The smallest absolute Gasteiger partial charge is 0.139 e. The zero-order valence-electron chi connectivity index (χ0n) is 5.43. The van der Waals surface area contributed by atoms with Gasteiger partial charge in [0.25, 0.3) is 0 Å². The Kier molecular flexibility index (Phi) is 2.69. The third-order valence-corrected chi connectivity index (χ3v) is 1.57. The summed E-state index contributed by atoms with van der Waals surface area (Å²) < 4.78 is 12.7. The number of alkyl halides is 2. The predicted molar refractivity (Wildman–Crippen MR) is 41.0 cm³/mol. The van der Waals surface area contributed by atoms with Crippen LogP contribution in [0.15, 0.2) is 30.3 Å². The van der Waals surface area contributed by atoms with Gasteiger partial charge in [-0.25, -0.2) is 4.39 Å². The van der Waals surface area contributed by atoms with Crippen molar-refractivity contribution in [3.05, 3.63) is 35.9 Å². The molecule has 0 spiro atoms. The molecule has 0 heterocycles. The summed E-state index contributed by atoms with van der Waals surface area (Å²) >= 11 is 5.31. The molecule has 0 fully saturated rings. The third kappa shape index (κ3) is 1.71. The predicted octanol–water partition coefficient (Wildman–Crippen LogP) is 2.94. The summed E-state index contributed by atoms with van der Waals surface area (Å²) in [7, 11) is 0. The van der Waals surface area contributed by atoms with E-state index in [0.717, 1.165) is 0 Å². The van der Waals surface area contributed by atoms with Crippen LogP contribution in [0.1, 0.15) is 11.7 Å². The van der Waals surface area contributed by atoms with Gasteiger partial charge in [0.1, 0.15) is 6.17 Å². The van der Waals surface area contributed by atoms with E-state index in [4.69, 9.17) is 11.6 Å². The Bertz CT molecular complexity index is 186. The molecule has 1 atom stereocenters. The minimum atomic E-state index is -1.03. The van der Waals surface area contributed by atoms with Gasteiger partial charge in [-0.1, -0.05) is 30.3 Å². The molecule has 0 saturated heterocycles. The lowest BCUT2D eigenvalue weighted by atomic mass is 10.1. The fourth-order valence-corrected chi connectivity index (χ4v) is 0.929. The second kappa shape index (κ2) is 3.57. The first-order chi connectivity index (χ1) is 4.84. The van der Waals surface area contributed by atoms with Crippen molar-refractivity contribution in [2.45, 2.75) is 6.17 Å². The van der Waals surface area contributed by atoms with Crippen LogP contribution in [0.5, 0.6) is 0 Å². The Labute approximate surface area is 64.6 Å². The first-order valence-electron chi connectivity index (χ1n) is 3.09. The lowest BCUT2D eigenvalue weighted by Gasteiger charge is -2.01. The maximum atomic E-state index is 12.7. The Morgan fingerprint density at radius 1 is 1.30 bits per heavy atom. The van der Waals surface area contributed by atoms with E-state index in [1.54, 1.807) is 24.3 Å². The zero-order chi connectivity index (χ0) is 7.40. The highest BCUT2D eigenvalue weighted by Crippen LogP contribution is 2.17. The monoisotopic (exact) mass is 158 g/mol. The van der Waals surface area contributed by atoms with E-state index in [0.29, 0.717) is 5.56 Å². The molecule has 2 heteroatoms.